The number of carbonyl (C=O) groups excluding carboxylic acids is 1. The quantitative estimate of drug-likeness (QED) is 0.447. The van der Waals surface area contributed by atoms with Gasteiger partial charge in [-0.2, -0.15) is 0 Å². The summed E-state index contributed by atoms with van der Waals surface area (Å²) in [5, 5.41) is 23.5. The zero-order chi connectivity index (χ0) is 21.3. The van der Waals surface area contributed by atoms with Gasteiger partial charge in [-0.05, 0) is 36.2 Å². The highest BCUT2D eigenvalue weighted by atomic mass is 79.9. The molecule has 8 nitrogen and oxygen atoms in total. The van der Waals surface area contributed by atoms with E-state index >= 15 is 0 Å². The average Bonchev–Trinajstić information content (AvgIpc) is 2.61. The lowest BCUT2D eigenvalue weighted by Gasteiger charge is -2.27. The molecule has 1 aliphatic rings. The van der Waals surface area contributed by atoms with E-state index in [1.807, 2.05) is 0 Å². The molecule has 1 aliphatic heterocycles. The summed E-state index contributed by atoms with van der Waals surface area (Å²) in [6.07, 6.45) is 0.408. The molecule has 1 heterocycles. The normalized spacial score (nSPS) is 14.3. The van der Waals surface area contributed by atoms with Gasteiger partial charge in [-0.1, -0.05) is 34.5 Å². The Kier molecular flexibility index (Phi) is 6.27. The Morgan fingerprint density at radius 2 is 1.93 bits per heavy atom. The van der Waals surface area contributed by atoms with Crippen LogP contribution in [0.4, 0.5) is 5.69 Å². The molecule has 0 aromatic heterocycles. The summed E-state index contributed by atoms with van der Waals surface area (Å²) in [6.45, 7) is 2.48. The molecule has 29 heavy (non-hydrogen) atoms. The van der Waals surface area contributed by atoms with Gasteiger partial charge in [0.05, 0.1) is 30.5 Å². The molecule has 0 saturated carbocycles. The number of rotatable bonds is 6. The van der Waals surface area contributed by atoms with Crippen LogP contribution in [0.3, 0.4) is 0 Å². The van der Waals surface area contributed by atoms with Crippen LogP contribution in [0.1, 0.15) is 22.8 Å². The number of hydrogen-bond donors (Lipinski definition) is 4. The van der Waals surface area contributed by atoms with Gasteiger partial charge in [-0.15, -0.1) is 0 Å². The molecule has 11 heteroatoms. The molecule has 1 saturated heterocycles. The van der Waals surface area contributed by atoms with Crippen LogP contribution in [-0.4, -0.2) is 43.8 Å². The van der Waals surface area contributed by atoms with Gasteiger partial charge < -0.3 is 20.3 Å². The number of benzene rings is 2. The molecule has 3 rings (SSSR count). The van der Waals surface area contributed by atoms with Gasteiger partial charge >= 0.3 is 0 Å². The fourth-order valence-corrected chi connectivity index (χ4v) is 4.83. The number of anilines is 1. The van der Waals surface area contributed by atoms with Crippen LogP contribution in [0, 0.1) is 0 Å². The number of aryl methyl sites for hydroxylation is 1. The van der Waals surface area contributed by atoms with Crippen molar-refractivity contribution in [2.24, 2.45) is 0 Å². The van der Waals surface area contributed by atoms with Gasteiger partial charge in [-0.25, -0.2) is 8.42 Å². The monoisotopic (exact) mass is 504 g/mol. The molecule has 1 fully saturated rings. The second-order valence-electron chi connectivity index (χ2n) is 6.43. The highest BCUT2D eigenvalue weighted by molar-refractivity contribution is 9.10. The van der Waals surface area contributed by atoms with E-state index < -0.39 is 27.4 Å². The maximum Gasteiger partial charge on any atom is 0.265 e. The fraction of sp³-hybridized carbons (Fsp3) is 0.278. The number of aromatic hydroxyl groups is 2. The van der Waals surface area contributed by atoms with Crippen LogP contribution in [-0.2, 0) is 21.2 Å². The highest BCUT2D eigenvalue weighted by Crippen LogP contribution is 2.36. The molecule has 156 valence electrons. The van der Waals surface area contributed by atoms with Gasteiger partial charge in [0.1, 0.15) is 10.6 Å². The summed E-state index contributed by atoms with van der Waals surface area (Å²) >= 11 is 9.24. The number of amides is 1. The summed E-state index contributed by atoms with van der Waals surface area (Å²) < 4.78 is 33.4. The van der Waals surface area contributed by atoms with Gasteiger partial charge in [0.25, 0.3) is 15.9 Å². The molecule has 0 aliphatic carbocycles. The van der Waals surface area contributed by atoms with Crippen LogP contribution >= 0.6 is 27.5 Å². The van der Waals surface area contributed by atoms with Crippen molar-refractivity contribution in [3.05, 3.63) is 44.9 Å². The van der Waals surface area contributed by atoms with E-state index in [-0.39, 0.29) is 27.2 Å². The number of ether oxygens (including phenoxy) is 1. The van der Waals surface area contributed by atoms with Crippen molar-refractivity contribution in [2.45, 2.75) is 24.3 Å². The second-order valence-corrected chi connectivity index (χ2v) is 9.43. The summed E-state index contributed by atoms with van der Waals surface area (Å²) in [6, 6.07) is 5.07. The standard InChI is InChI=1S/C18H18BrClN2O6S/c1-2-9-3-10(19)4-15(16(9)23)29(26,27)22-14-6-11(20)5-13(17(14)24)18(25)21-12-7-28-8-12/h3-6,12,22-24H,2,7-8H2,1H3,(H,21,25). The lowest BCUT2D eigenvalue weighted by Crippen LogP contribution is -2.48. The minimum Gasteiger partial charge on any atom is -0.506 e. The number of sulfonamides is 1. The number of halogens is 2. The molecule has 0 spiro atoms. The zero-order valence-corrected chi connectivity index (χ0v) is 18.4. The van der Waals surface area contributed by atoms with Crippen molar-refractivity contribution in [3.63, 3.8) is 0 Å². The number of phenols is 2. The van der Waals surface area contributed by atoms with Gasteiger partial charge in [0, 0.05) is 9.50 Å². The molecule has 0 atom stereocenters. The van der Waals surface area contributed by atoms with E-state index in [1.165, 1.54) is 18.2 Å². The molecule has 0 unspecified atom stereocenters. The number of carbonyl (C=O) groups is 1. The Morgan fingerprint density at radius 1 is 1.24 bits per heavy atom. The summed E-state index contributed by atoms with van der Waals surface area (Å²) in [5.74, 6) is -1.59. The molecule has 0 bridgehead atoms. The Hall–Kier alpha value is -2.01. The highest BCUT2D eigenvalue weighted by Gasteiger charge is 2.27. The van der Waals surface area contributed by atoms with E-state index in [1.54, 1.807) is 13.0 Å². The third-order valence-electron chi connectivity index (χ3n) is 4.33. The first-order chi connectivity index (χ1) is 13.6. The molecule has 1 amide bonds. The van der Waals surface area contributed by atoms with E-state index in [0.717, 1.165) is 0 Å². The Bertz CT molecular complexity index is 1070. The second kappa shape index (κ2) is 8.39. The fourth-order valence-electron chi connectivity index (χ4n) is 2.73. The zero-order valence-electron chi connectivity index (χ0n) is 15.2. The van der Waals surface area contributed by atoms with Crippen LogP contribution in [0.2, 0.25) is 5.02 Å². The average molecular weight is 506 g/mol. The first-order valence-corrected chi connectivity index (χ1v) is 11.2. The van der Waals surface area contributed by atoms with E-state index in [2.05, 4.69) is 26.0 Å². The summed E-state index contributed by atoms with van der Waals surface area (Å²) in [5.41, 5.74) is -0.0439. The molecule has 2 aromatic rings. The van der Waals surface area contributed by atoms with Crippen LogP contribution in [0.5, 0.6) is 11.5 Å². The van der Waals surface area contributed by atoms with Crippen molar-refractivity contribution in [2.75, 3.05) is 17.9 Å². The van der Waals surface area contributed by atoms with Crippen LogP contribution in [0.25, 0.3) is 0 Å². The molecule has 4 N–H and O–H groups in total. The third-order valence-corrected chi connectivity index (χ3v) is 6.38. The van der Waals surface area contributed by atoms with Gasteiger partial charge in [-0.3, -0.25) is 9.52 Å². The Labute approximate surface area is 181 Å². The largest absolute Gasteiger partial charge is 0.506 e. The van der Waals surface area contributed by atoms with E-state index in [9.17, 15) is 23.4 Å². The lowest BCUT2D eigenvalue weighted by molar-refractivity contribution is -0.00350. The van der Waals surface area contributed by atoms with Crippen molar-refractivity contribution in [1.82, 2.24) is 5.32 Å². The first-order valence-electron chi connectivity index (χ1n) is 8.57. The molecule has 0 radical (unpaired) electrons. The van der Waals surface area contributed by atoms with E-state index in [4.69, 9.17) is 16.3 Å². The predicted octanol–water partition coefficient (Wildman–Crippen LogP) is 3.01. The molecule has 2 aromatic carbocycles. The molecular weight excluding hydrogens is 488 g/mol. The first kappa shape index (κ1) is 21.7. The predicted molar refractivity (Wildman–Crippen MR) is 111 cm³/mol. The Balaban J connectivity index is 1.97. The van der Waals surface area contributed by atoms with Crippen molar-refractivity contribution in [3.8, 4) is 11.5 Å². The van der Waals surface area contributed by atoms with Gasteiger partial charge in [0.2, 0.25) is 0 Å². The SMILES string of the molecule is CCc1cc(Br)cc(S(=O)(=O)Nc2cc(Cl)cc(C(=O)NC3COC3)c2O)c1O. The summed E-state index contributed by atoms with van der Waals surface area (Å²) in [4.78, 5) is 12.0. The topological polar surface area (TPSA) is 125 Å². The maximum absolute atomic E-state index is 12.9. The minimum absolute atomic E-state index is 0.0446. The maximum atomic E-state index is 12.9. The Morgan fingerprint density at radius 3 is 2.52 bits per heavy atom. The summed E-state index contributed by atoms with van der Waals surface area (Å²) in [7, 11) is -4.30. The van der Waals surface area contributed by atoms with Crippen molar-refractivity contribution < 1.29 is 28.2 Å². The van der Waals surface area contributed by atoms with Crippen molar-refractivity contribution >= 4 is 49.1 Å². The van der Waals surface area contributed by atoms with Gasteiger partial charge in [0.15, 0.2) is 5.75 Å². The minimum atomic E-state index is -4.30. The van der Waals surface area contributed by atoms with Crippen molar-refractivity contribution in [1.29, 1.82) is 0 Å². The smallest absolute Gasteiger partial charge is 0.265 e. The lowest BCUT2D eigenvalue weighted by atomic mass is 10.1. The number of hydrogen-bond acceptors (Lipinski definition) is 6. The number of phenolic OH excluding ortho intramolecular Hbond substituents is 2. The van der Waals surface area contributed by atoms with E-state index in [0.29, 0.717) is 29.7 Å². The van der Waals surface area contributed by atoms with Crippen LogP contribution in [0.15, 0.2) is 33.6 Å². The van der Waals surface area contributed by atoms with Crippen LogP contribution < -0.4 is 10.0 Å². The number of nitrogens with one attached hydrogen (secondary N) is 2. The molecular formula is C18H18BrClN2O6S. The third kappa shape index (κ3) is 4.61.